The quantitative estimate of drug-likeness (QED) is 0.149. The Morgan fingerprint density at radius 3 is 1.69 bits per heavy atom. The molecule has 12 rings (SSSR count). The van der Waals surface area contributed by atoms with Crippen LogP contribution in [0.1, 0.15) is 88.7 Å². The van der Waals surface area contributed by atoms with Gasteiger partial charge in [-0.05, 0) is 111 Å². The van der Waals surface area contributed by atoms with Gasteiger partial charge >= 0.3 is 0 Å². The first-order chi connectivity index (χ1) is 36.2. The van der Waals surface area contributed by atoms with E-state index in [1.54, 1.807) is 12.3 Å². The molecule has 3 aromatic heterocycles. The van der Waals surface area contributed by atoms with Gasteiger partial charge in [0, 0.05) is 81.8 Å². The van der Waals surface area contributed by atoms with Gasteiger partial charge in [0.2, 0.25) is 0 Å². The van der Waals surface area contributed by atoms with E-state index in [1.807, 2.05) is 41.0 Å². The Kier molecular flexibility index (Phi) is 11.1. The predicted octanol–water partition coefficient (Wildman–Crippen LogP) is 17.9. The summed E-state index contributed by atoms with van der Waals surface area (Å²) in [6.45, 7) is 19.8. The molecule has 0 radical (unpaired) electrons. The van der Waals surface area contributed by atoms with E-state index >= 15 is 0 Å². The molecule has 0 spiro atoms. The van der Waals surface area contributed by atoms with E-state index in [4.69, 9.17) is 13.8 Å². The Morgan fingerprint density at radius 1 is 0.514 bits per heavy atom. The molecule has 6 nitrogen and oxygen atoms in total. The second-order valence-corrected chi connectivity index (χ2v) is 22.5. The van der Waals surface area contributed by atoms with Gasteiger partial charge in [0.25, 0.3) is 0 Å². The SMILES string of the molecule is [2H]C([2H])([2H])c1cc(-n2c3[c-]c(Oc4[c-]c(N5[CH-]N(c6cc(C(C)(C)C)cc(C(C)(C)C)c6)c6ccccc65)ccc4)cc(-n4c5ccccc5c5ccccc54)c3c3ccccc32)ncc1-c1ccc(C(C)(C)C)cc1.[Pt]. The van der Waals surface area contributed by atoms with Gasteiger partial charge in [0.1, 0.15) is 5.82 Å². The molecule has 372 valence electrons. The van der Waals surface area contributed by atoms with Crippen molar-refractivity contribution in [2.24, 2.45) is 0 Å². The Balaban J connectivity index is 0.00000631. The van der Waals surface area contributed by atoms with Crippen molar-refractivity contribution in [1.29, 1.82) is 0 Å². The van der Waals surface area contributed by atoms with Gasteiger partial charge in [-0.2, -0.15) is 6.07 Å². The molecule has 4 heterocycles. The van der Waals surface area contributed by atoms with Crippen LogP contribution >= 0.6 is 0 Å². The molecule has 1 aliphatic heterocycles. The summed E-state index contributed by atoms with van der Waals surface area (Å²) in [5.74, 6) is 1.41. The molecule has 0 fully saturated rings. The summed E-state index contributed by atoms with van der Waals surface area (Å²) < 4.78 is 38.0. The summed E-state index contributed by atoms with van der Waals surface area (Å²) in [5.41, 5.74) is 13.6. The van der Waals surface area contributed by atoms with Gasteiger partial charge in [-0.15, -0.1) is 42.7 Å². The van der Waals surface area contributed by atoms with E-state index in [-0.39, 0.29) is 42.9 Å². The minimum atomic E-state index is -2.45. The molecule has 7 heteroatoms. The fourth-order valence-corrected chi connectivity index (χ4v) is 10.4. The van der Waals surface area contributed by atoms with Crippen LogP contribution in [0.25, 0.3) is 66.2 Å². The van der Waals surface area contributed by atoms with E-state index in [1.165, 1.54) is 11.1 Å². The monoisotopic (exact) mass is 1150 g/mol. The Labute approximate surface area is 454 Å². The average molecular weight is 1150 g/mol. The van der Waals surface area contributed by atoms with E-state index in [0.717, 1.165) is 77.7 Å². The van der Waals surface area contributed by atoms with Crippen molar-refractivity contribution in [2.75, 3.05) is 9.80 Å². The Morgan fingerprint density at radius 2 is 1.08 bits per heavy atom. The maximum atomic E-state index is 8.88. The number of hydrogen-bond donors (Lipinski definition) is 0. The van der Waals surface area contributed by atoms with Gasteiger partial charge < -0.3 is 23.7 Å². The summed E-state index contributed by atoms with van der Waals surface area (Å²) >= 11 is 0. The van der Waals surface area contributed by atoms with E-state index < -0.39 is 6.85 Å². The molecule has 0 saturated carbocycles. The molecule has 0 aliphatic carbocycles. The number of rotatable bonds is 7. The fraction of sp³-hybridized carbons (Fsp3) is 0.194. The van der Waals surface area contributed by atoms with Crippen LogP contribution in [0.4, 0.5) is 22.7 Å². The summed E-state index contributed by atoms with van der Waals surface area (Å²) in [4.78, 5) is 9.56. The van der Waals surface area contributed by atoms with E-state index in [0.29, 0.717) is 28.4 Å². The third kappa shape index (κ3) is 8.47. The first-order valence-electron chi connectivity index (χ1n) is 26.7. The van der Waals surface area contributed by atoms with Crippen molar-refractivity contribution in [1.82, 2.24) is 14.1 Å². The smallest absolute Gasteiger partial charge is 0.135 e. The minimum Gasteiger partial charge on any atom is -0.509 e. The van der Waals surface area contributed by atoms with Crippen molar-refractivity contribution in [3.63, 3.8) is 0 Å². The zero-order chi connectivity index (χ0) is 53.1. The number of aromatic nitrogens is 3. The van der Waals surface area contributed by atoms with Crippen LogP contribution in [0.2, 0.25) is 0 Å². The summed E-state index contributed by atoms with van der Waals surface area (Å²) in [7, 11) is 0. The molecule has 0 saturated heterocycles. The predicted molar refractivity (Wildman–Crippen MR) is 305 cm³/mol. The number of benzene rings is 8. The topological polar surface area (TPSA) is 38.5 Å². The van der Waals surface area contributed by atoms with Crippen LogP contribution in [0, 0.1) is 25.7 Å². The maximum absolute atomic E-state index is 8.88. The van der Waals surface area contributed by atoms with E-state index in [9.17, 15) is 0 Å². The third-order valence-electron chi connectivity index (χ3n) is 14.4. The van der Waals surface area contributed by atoms with Crippen molar-refractivity contribution in [3.05, 3.63) is 217 Å². The maximum Gasteiger partial charge on any atom is 0.135 e. The minimum absolute atomic E-state index is 0. The fourth-order valence-electron chi connectivity index (χ4n) is 10.4. The molecule has 0 amide bonds. The van der Waals surface area contributed by atoms with Crippen LogP contribution in [0.5, 0.6) is 11.5 Å². The number of aryl methyl sites for hydroxylation is 1. The average Bonchev–Trinajstić information content (AvgIpc) is 4.15. The van der Waals surface area contributed by atoms with Crippen molar-refractivity contribution >= 4 is 66.4 Å². The van der Waals surface area contributed by atoms with Gasteiger partial charge in [-0.1, -0.05) is 170 Å². The number of nitrogens with zero attached hydrogens (tertiary/aromatic N) is 5. The number of ether oxygens (including phenoxy) is 1. The van der Waals surface area contributed by atoms with E-state index in [2.05, 4.69) is 223 Å². The number of pyridine rings is 1. The van der Waals surface area contributed by atoms with Crippen molar-refractivity contribution in [3.8, 4) is 34.1 Å². The zero-order valence-corrected chi connectivity index (χ0v) is 45.6. The second-order valence-electron chi connectivity index (χ2n) is 22.5. The van der Waals surface area contributed by atoms with Crippen molar-refractivity contribution in [2.45, 2.75) is 85.4 Å². The van der Waals surface area contributed by atoms with Gasteiger partial charge in [0.15, 0.2) is 0 Å². The van der Waals surface area contributed by atoms with Crippen LogP contribution in [-0.2, 0) is 37.3 Å². The van der Waals surface area contributed by atoms with Crippen LogP contribution < -0.4 is 14.5 Å². The summed E-state index contributed by atoms with van der Waals surface area (Å²) in [5, 5.41) is 4.12. The normalized spacial score (nSPS) is 13.8. The molecule has 0 unspecified atom stereocenters. The van der Waals surface area contributed by atoms with Crippen LogP contribution in [0.15, 0.2) is 176 Å². The number of anilines is 4. The Hall–Kier alpha value is -7.40. The molecule has 11 aromatic rings. The van der Waals surface area contributed by atoms with Crippen molar-refractivity contribution < 1.29 is 29.9 Å². The number of fused-ring (bicyclic) bond motifs is 7. The summed E-state index contributed by atoms with van der Waals surface area (Å²) in [6, 6.07) is 65.9. The van der Waals surface area contributed by atoms with Crippen LogP contribution in [-0.4, -0.2) is 14.1 Å². The van der Waals surface area contributed by atoms with Crippen LogP contribution in [0.3, 0.4) is 0 Å². The first-order valence-corrected chi connectivity index (χ1v) is 25.2. The molecular weight excluding hydrogens is 1090 g/mol. The zero-order valence-electron chi connectivity index (χ0n) is 46.3. The molecule has 74 heavy (non-hydrogen) atoms. The van der Waals surface area contributed by atoms with Gasteiger partial charge in [0.05, 0.1) is 11.0 Å². The molecule has 0 N–H and O–H groups in total. The molecular formula is C67H60N5OPt-3. The number of hydrogen-bond acceptors (Lipinski definition) is 4. The van der Waals surface area contributed by atoms with Gasteiger partial charge in [-0.25, -0.2) is 4.98 Å². The molecule has 0 bridgehead atoms. The standard InChI is InChI=1S/C67H60N5O.Pt/c1-43-34-63(68-41-55(43)44-30-32-45(33-31-44)65(2,3)4)72-58-27-16-13-24-54(58)64-61(71-56-25-14-11-22-52(56)53-23-12-15-26-57(53)71)39-51(40-62(64)72)73-50-21-19-20-48(38-50)69-42-70(60-29-18-17-28-59(60)69)49-36-46(66(5,6)7)35-47(37-49)67(8,9)10;/h11-37,39,41-42H,1-10H3;/q-3;/i1D3;. The molecule has 1 aliphatic rings. The molecule has 8 aromatic carbocycles. The van der Waals surface area contributed by atoms with Gasteiger partial charge in [-0.3, -0.25) is 0 Å². The second kappa shape index (κ2) is 18.2. The molecule has 0 atom stereocenters. The first kappa shape index (κ1) is 45.2. The Bertz CT molecular complexity index is 3990. The summed E-state index contributed by atoms with van der Waals surface area (Å²) in [6.07, 6.45) is 1.71. The third-order valence-corrected chi connectivity index (χ3v) is 14.4. The largest absolute Gasteiger partial charge is 0.509 e. The number of para-hydroxylation sites is 5.